The van der Waals surface area contributed by atoms with Crippen LogP contribution < -0.4 is 4.90 Å². The number of rotatable bonds is 3. The van der Waals surface area contributed by atoms with Crippen molar-refractivity contribution in [2.75, 3.05) is 11.4 Å². The zero-order valence-corrected chi connectivity index (χ0v) is 13.3. The van der Waals surface area contributed by atoms with E-state index >= 15 is 0 Å². The summed E-state index contributed by atoms with van der Waals surface area (Å²) in [5.41, 5.74) is 3.63. The van der Waals surface area contributed by atoms with Crippen LogP contribution in [0.3, 0.4) is 0 Å². The monoisotopic (exact) mass is 303 g/mol. The molecule has 2 nitrogen and oxygen atoms in total. The van der Waals surface area contributed by atoms with Crippen LogP contribution in [0.15, 0.2) is 66.7 Å². The summed E-state index contributed by atoms with van der Waals surface area (Å²) in [5, 5.41) is 13.1. The first-order valence-corrected chi connectivity index (χ1v) is 8.24. The number of aliphatic hydroxyl groups excluding tert-OH is 1. The smallest absolute Gasteiger partial charge is 0.0965 e. The number of para-hydroxylation sites is 1. The molecule has 0 fully saturated rings. The number of benzene rings is 3. The third-order valence-corrected chi connectivity index (χ3v) is 4.88. The number of β-amino-alcohol motifs (C(OH)–C–C–N with tert-alkyl or cyclic N) is 1. The maximum absolute atomic E-state index is 10.7. The molecule has 0 radical (unpaired) electrons. The largest absolute Gasteiger partial charge is 0.387 e. The van der Waals surface area contributed by atoms with Gasteiger partial charge in [-0.3, -0.25) is 0 Å². The second-order valence-corrected chi connectivity index (χ2v) is 6.46. The van der Waals surface area contributed by atoms with Gasteiger partial charge >= 0.3 is 0 Å². The molecule has 23 heavy (non-hydrogen) atoms. The lowest BCUT2D eigenvalue weighted by Crippen LogP contribution is -2.33. The molecule has 116 valence electrons. The van der Waals surface area contributed by atoms with Gasteiger partial charge in [-0.05, 0) is 47.4 Å². The minimum absolute atomic E-state index is 0.433. The zero-order chi connectivity index (χ0) is 15.8. The van der Waals surface area contributed by atoms with Gasteiger partial charge in [0.05, 0.1) is 6.10 Å². The number of fused-ring (bicyclic) bond motifs is 2. The van der Waals surface area contributed by atoms with E-state index in [0.717, 1.165) is 12.0 Å². The third kappa shape index (κ3) is 2.60. The Balaban J connectivity index is 1.60. The topological polar surface area (TPSA) is 23.5 Å². The molecule has 1 N–H and O–H groups in total. The lowest BCUT2D eigenvalue weighted by Gasteiger charge is -2.27. The molecule has 3 aromatic rings. The fraction of sp³-hybridized carbons (Fsp3) is 0.238. The number of hydrogen-bond acceptors (Lipinski definition) is 2. The molecule has 2 atom stereocenters. The summed E-state index contributed by atoms with van der Waals surface area (Å²) in [4.78, 5) is 2.33. The highest BCUT2D eigenvalue weighted by atomic mass is 16.3. The van der Waals surface area contributed by atoms with Gasteiger partial charge in [0.1, 0.15) is 0 Å². The second-order valence-electron chi connectivity index (χ2n) is 6.46. The zero-order valence-electron chi connectivity index (χ0n) is 13.3. The van der Waals surface area contributed by atoms with Gasteiger partial charge in [-0.25, -0.2) is 0 Å². The SMILES string of the molecule is CC1Cc2ccccc2N1CC(O)c1ccc2ccccc2c1. The standard InChI is InChI=1S/C21H21NO/c1-15-12-18-8-4-5-9-20(18)22(15)14-21(23)19-11-10-16-6-2-3-7-17(16)13-19/h2-11,13,15,21,23H,12,14H2,1H3. The van der Waals surface area contributed by atoms with Crippen LogP contribution in [0.4, 0.5) is 5.69 Å². The number of hydrogen-bond donors (Lipinski definition) is 1. The average molecular weight is 303 g/mol. The molecular weight excluding hydrogens is 282 g/mol. The van der Waals surface area contributed by atoms with Gasteiger partial charge in [-0.2, -0.15) is 0 Å². The molecule has 0 bridgehead atoms. The van der Waals surface area contributed by atoms with Gasteiger partial charge in [0, 0.05) is 18.3 Å². The Morgan fingerprint density at radius 3 is 2.61 bits per heavy atom. The Bertz CT molecular complexity index is 842. The van der Waals surface area contributed by atoms with Crippen molar-refractivity contribution in [3.8, 4) is 0 Å². The van der Waals surface area contributed by atoms with Gasteiger partial charge < -0.3 is 10.0 Å². The number of nitrogens with zero attached hydrogens (tertiary/aromatic N) is 1. The molecule has 1 aliphatic rings. The molecule has 2 unspecified atom stereocenters. The van der Waals surface area contributed by atoms with E-state index in [2.05, 4.69) is 60.4 Å². The van der Waals surface area contributed by atoms with Crippen LogP contribution in [0.5, 0.6) is 0 Å². The lowest BCUT2D eigenvalue weighted by molar-refractivity contribution is 0.182. The molecule has 0 aromatic heterocycles. The van der Waals surface area contributed by atoms with Crippen molar-refractivity contribution in [1.82, 2.24) is 0 Å². The number of aliphatic hydroxyl groups is 1. The summed E-state index contributed by atoms with van der Waals surface area (Å²) in [5.74, 6) is 0. The second kappa shape index (κ2) is 5.71. The normalized spacial score (nSPS) is 18.2. The summed E-state index contributed by atoms with van der Waals surface area (Å²) in [6.45, 7) is 2.86. The summed E-state index contributed by atoms with van der Waals surface area (Å²) in [6, 6.07) is 23.5. The molecule has 1 aliphatic heterocycles. The molecule has 3 aromatic carbocycles. The van der Waals surface area contributed by atoms with E-state index in [1.165, 1.54) is 22.0 Å². The van der Waals surface area contributed by atoms with Gasteiger partial charge in [0.2, 0.25) is 0 Å². The maximum atomic E-state index is 10.7. The van der Waals surface area contributed by atoms with Crippen molar-refractivity contribution in [2.45, 2.75) is 25.5 Å². The Morgan fingerprint density at radius 1 is 1.00 bits per heavy atom. The van der Waals surface area contributed by atoms with Crippen LogP contribution in [0.2, 0.25) is 0 Å². The predicted molar refractivity (Wildman–Crippen MR) is 95.9 cm³/mol. The molecule has 0 aliphatic carbocycles. The van der Waals surface area contributed by atoms with E-state index in [1.807, 2.05) is 18.2 Å². The molecule has 0 amide bonds. The van der Waals surface area contributed by atoms with E-state index in [-0.39, 0.29) is 0 Å². The van der Waals surface area contributed by atoms with Crippen molar-refractivity contribution >= 4 is 16.5 Å². The van der Waals surface area contributed by atoms with E-state index < -0.39 is 6.10 Å². The Kier molecular flexibility index (Phi) is 3.55. The highest BCUT2D eigenvalue weighted by Crippen LogP contribution is 2.33. The third-order valence-electron chi connectivity index (χ3n) is 4.88. The molecule has 2 heteroatoms. The summed E-state index contributed by atoms with van der Waals surface area (Å²) >= 11 is 0. The summed E-state index contributed by atoms with van der Waals surface area (Å²) in [6.07, 6.45) is 0.578. The minimum Gasteiger partial charge on any atom is -0.387 e. The first-order valence-electron chi connectivity index (χ1n) is 8.24. The van der Waals surface area contributed by atoms with Crippen LogP contribution in [0, 0.1) is 0 Å². The van der Waals surface area contributed by atoms with Gasteiger partial charge in [0.25, 0.3) is 0 Å². The van der Waals surface area contributed by atoms with Crippen molar-refractivity contribution in [3.05, 3.63) is 77.9 Å². The van der Waals surface area contributed by atoms with Crippen LogP contribution in [-0.2, 0) is 6.42 Å². The van der Waals surface area contributed by atoms with Crippen LogP contribution in [0.1, 0.15) is 24.2 Å². The maximum Gasteiger partial charge on any atom is 0.0965 e. The Hall–Kier alpha value is -2.32. The van der Waals surface area contributed by atoms with E-state index in [4.69, 9.17) is 0 Å². The fourth-order valence-electron chi connectivity index (χ4n) is 3.61. The highest BCUT2D eigenvalue weighted by molar-refractivity contribution is 5.83. The van der Waals surface area contributed by atoms with Crippen LogP contribution >= 0.6 is 0 Å². The molecule has 0 saturated heterocycles. The van der Waals surface area contributed by atoms with Crippen LogP contribution in [0.25, 0.3) is 10.8 Å². The van der Waals surface area contributed by atoms with E-state index in [1.54, 1.807) is 0 Å². The van der Waals surface area contributed by atoms with Crippen molar-refractivity contribution in [2.24, 2.45) is 0 Å². The number of anilines is 1. The van der Waals surface area contributed by atoms with Gasteiger partial charge in [0.15, 0.2) is 0 Å². The molecule has 4 rings (SSSR count). The van der Waals surface area contributed by atoms with Gasteiger partial charge in [-0.15, -0.1) is 0 Å². The van der Waals surface area contributed by atoms with Crippen LogP contribution in [-0.4, -0.2) is 17.7 Å². The molecule has 1 heterocycles. The van der Waals surface area contributed by atoms with Gasteiger partial charge in [-0.1, -0.05) is 54.6 Å². The van der Waals surface area contributed by atoms with E-state index in [0.29, 0.717) is 12.6 Å². The predicted octanol–water partition coefficient (Wildman–Crippen LogP) is 4.32. The summed E-state index contributed by atoms with van der Waals surface area (Å²) < 4.78 is 0. The molecule has 0 spiro atoms. The summed E-state index contributed by atoms with van der Waals surface area (Å²) in [7, 11) is 0. The molecule has 0 saturated carbocycles. The molecular formula is C21H21NO. The first-order chi connectivity index (χ1) is 11.2. The van der Waals surface area contributed by atoms with Crippen molar-refractivity contribution in [1.29, 1.82) is 0 Å². The Morgan fingerprint density at radius 2 is 1.74 bits per heavy atom. The average Bonchev–Trinajstić information content (AvgIpc) is 2.90. The first kappa shape index (κ1) is 14.3. The lowest BCUT2D eigenvalue weighted by atomic mass is 10.0. The minimum atomic E-state index is -0.479. The highest BCUT2D eigenvalue weighted by Gasteiger charge is 2.27. The Labute approximate surface area is 137 Å². The quantitative estimate of drug-likeness (QED) is 0.778. The van der Waals surface area contributed by atoms with Crippen molar-refractivity contribution < 1.29 is 5.11 Å². The fourth-order valence-corrected chi connectivity index (χ4v) is 3.61. The van der Waals surface area contributed by atoms with Crippen molar-refractivity contribution in [3.63, 3.8) is 0 Å². The van der Waals surface area contributed by atoms with E-state index in [9.17, 15) is 5.11 Å².